The molecular weight excluding hydrogens is 171 g/mol. The summed E-state index contributed by atoms with van der Waals surface area (Å²) in [6, 6.07) is 5.71. The molecule has 1 nitrogen and oxygen atoms in total. The van der Waals surface area contributed by atoms with Crippen LogP contribution in [-0.2, 0) is 0 Å². The zero-order valence-electron chi connectivity index (χ0n) is 4.90. The van der Waals surface area contributed by atoms with Gasteiger partial charge in [0.25, 0.3) is 0 Å². The molecule has 0 heterocycles. The molecule has 3 heteroatoms. The minimum Gasteiger partial charge on any atom is -0.298 e. The van der Waals surface area contributed by atoms with Crippen molar-refractivity contribution in [2.75, 3.05) is 0 Å². The van der Waals surface area contributed by atoms with Gasteiger partial charge in [-0.1, -0.05) is 23.2 Å². The van der Waals surface area contributed by atoms with Gasteiger partial charge in [-0.25, -0.2) is 0 Å². The monoisotopic (exact) mass is 173 g/mol. The zero-order valence-corrected chi connectivity index (χ0v) is 6.41. The molecule has 10 heavy (non-hydrogen) atoms. The van der Waals surface area contributed by atoms with E-state index in [0.717, 1.165) is 0 Å². The molecule has 0 aliphatic heterocycles. The van der Waals surface area contributed by atoms with Crippen LogP contribution in [0, 0.1) is 6.07 Å². The van der Waals surface area contributed by atoms with Crippen LogP contribution in [0.5, 0.6) is 0 Å². The maximum absolute atomic E-state index is 10.2. The summed E-state index contributed by atoms with van der Waals surface area (Å²) in [4.78, 5) is 10.2. The summed E-state index contributed by atoms with van der Waals surface area (Å²) in [7, 11) is 0. The first kappa shape index (κ1) is 7.58. The first-order valence-corrected chi connectivity index (χ1v) is 3.32. The molecule has 0 saturated carbocycles. The van der Waals surface area contributed by atoms with Gasteiger partial charge in [0.2, 0.25) is 0 Å². The molecule has 0 unspecified atom stereocenters. The smallest absolute Gasteiger partial charge is 0.151 e. The Morgan fingerprint density at radius 1 is 1.40 bits per heavy atom. The van der Waals surface area contributed by atoms with Gasteiger partial charge in [0, 0.05) is 11.6 Å². The first-order valence-electron chi connectivity index (χ1n) is 2.56. The molecule has 1 aromatic rings. The van der Waals surface area contributed by atoms with Crippen molar-refractivity contribution in [2.45, 2.75) is 0 Å². The molecule has 0 atom stereocenters. The highest BCUT2D eigenvalue weighted by Crippen LogP contribution is 2.17. The lowest BCUT2D eigenvalue weighted by Crippen LogP contribution is -1.80. The molecule has 1 radical (unpaired) electrons. The lowest BCUT2D eigenvalue weighted by atomic mass is 10.2. The van der Waals surface area contributed by atoms with Crippen LogP contribution in [0.3, 0.4) is 0 Å². The van der Waals surface area contributed by atoms with Crippen molar-refractivity contribution < 1.29 is 4.79 Å². The molecule has 0 fully saturated rings. The van der Waals surface area contributed by atoms with Gasteiger partial charge in [-0.3, -0.25) is 4.79 Å². The molecular formula is C7H3Cl2O. The second kappa shape index (κ2) is 3.04. The molecule has 0 N–H and O–H groups in total. The Morgan fingerprint density at radius 3 is 2.60 bits per heavy atom. The second-order valence-electron chi connectivity index (χ2n) is 1.69. The maximum atomic E-state index is 10.2. The van der Waals surface area contributed by atoms with Crippen molar-refractivity contribution in [1.82, 2.24) is 0 Å². The van der Waals surface area contributed by atoms with Crippen LogP contribution in [0.2, 0.25) is 10.0 Å². The van der Waals surface area contributed by atoms with E-state index in [-0.39, 0.29) is 5.02 Å². The van der Waals surface area contributed by atoms with Gasteiger partial charge in [-0.2, -0.15) is 0 Å². The van der Waals surface area contributed by atoms with Gasteiger partial charge in [0.05, 0.1) is 10.0 Å². The summed E-state index contributed by atoms with van der Waals surface area (Å²) in [6.07, 6.45) is 0.662. The van der Waals surface area contributed by atoms with Crippen molar-refractivity contribution in [3.63, 3.8) is 0 Å². The number of halogens is 2. The van der Waals surface area contributed by atoms with Crippen molar-refractivity contribution in [3.05, 3.63) is 33.8 Å². The Morgan fingerprint density at radius 2 is 2.10 bits per heavy atom. The Kier molecular flexibility index (Phi) is 2.30. The van der Waals surface area contributed by atoms with E-state index in [0.29, 0.717) is 16.9 Å². The average molecular weight is 174 g/mol. The third-order valence-electron chi connectivity index (χ3n) is 1.02. The standard InChI is InChI=1S/C7H3Cl2O/c8-6-2-1-5(4-10)7(9)3-6/h1-2,4H. The predicted molar refractivity (Wildman–Crippen MR) is 40.7 cm³/mol. The Bertz CT molecular complexity index is 258. The molecule has 0 aliphatic rings. The van der Waals surface area contributed by atoms with Crippen LogP contribution < -0.4 is 0 Å². The van der Waals surface area contributed by atoms with Gasteiger partial charge in [-0.05, 0) is 12.1 Å². The molecule has 0 amide bonds. The SMILES string of the molecule is O=Cc1ccc(Cl)[c]c1Cl. The Labute approximate surface area is 68.6 Å². The minimum absolute atomic E-state index is 0.266. The van der Waals surface area contributed by atoms with Gasteiger partial charge in [-0.15, -0.1) is 0 Å². The summed E-state index contributed by atoms with van der Waals surface area (Å²) < 4.78 is 0. The van der Waals surface area contributed by atoms with E-state index < -0.39 is 0 Å². The number of hydrogen-bond donors (Lipinski definition) is 0. The summed E-state index contributed by atoms with van der Waals surface area (Å²) in [5.74, 6) is 0. The fourth-order valence-electron chi connectivity index (χ4n) is 0.546. The highest BCUT2D eigenvalue weighted by Gasteiger charge is 1.98. The van der Waals surface area contributed by atoms with E-state index in [9.17, 15) is 4.79 Å². The number of benzene rings is 1. The van der Waals surface area contributed by atoms with Gasteiger partial charge < -0.3 is 0 Å². The van der Waals surface area contributed by atoms with Crippen LogP contribution in [-0.4, -0.2) is 6.29 Å². The summed E-state index contributed by atoms with van der Waals surface area (Å²) in [5, 5.41) is 0.679. The van der Waals surface area contributed by atoms with Crippen molar-refractivity contribution in [3.8, 4) is 0 Å². The molecule has 0 bridgehead atoms. The third-order valence-corrected chi connectivity index (χ3v) is 1.55. The topological polar surface area (TPSA) is 17.1 Å². The predicted octanol–water partition coefficient (Wildman–Crippen LogP) is 2.61. The largest absolute Gasteiger partial charge is 0.298 e. The lowest BCUT2D eigenvalue weighted by Gasteiger charge is -1.93. The number of rotatable bonds is 1. The van der Waals surface area contributed by atoms with Crippen LogP contribution >= 0.6 is 23.2 Å². The molecule has 0 aromatic heterocycles. The summed E-state index contributed by atoms with van der Waals surface area (Å²) in [5.41, 5.74) is 0.408. The number of carbonyl (C=O) groups excluding carboxylic acids is 1. The van der Waals surface area contributed by atoms with E-state index in [1.54, 1.807) is 12.1 Å². The lowest BCUT2D eigenvalue weighted by molar-refractivity contribution is 0.112. The maximum Gasteiger partial charge on any atom is 0.151 e. The minimum atomic E-state index is 0.266. The normalized spacial score (nSPS) is 9.40. The molecule has 0 saturated heterocycles. The Hall–Kier alpha value is -0.530. The summed E-state index contributed by atoms with van der Waals surface area (Å²) >= 11 is 11.1. The fourth-order valence-corrected chi connectivity index (χ4v) is 0.961. The quantitative estimate of drug-likeness (QED) is 0.598. The van der Waals surface area contributed by atoms with E-state index in [2.05, 4.69) is 6.07 Å². The van der Waals surface area contributed by atoms with E-state index >= 15 is 0 Å². The number of hydrogen-bond acceptors (Lipinski definition) is 1. The van der Waals surface area contributed by atoms with E-state index in [4.69, 9.17) is 23.2 Å². The summed E-state index contributed by atoms with van der Waals surface area (Å²) in [6.45, 7) is 0. The Balaban J connectivity index is 3.19. The molecule has 0 spiro atoms. The highest BCUT2D eigenvalue weighted by atomic mass is 35.5. The fraction of sp³-hybridized carbons (Fsp3) is 0. The highest BCUT2D eigenvalue weighted by molar-refractivity contribution is 6.35. The van der Waals surface area contributed by atoms with Crippen molar-refractivity contribution >= 4 is 29.5 Å². The van der Waals surface area contributed by atoms with Crippen LogP contribution in [0.25, 0.3) is 0 Å². The molecule has 1 rings (SSSR count). The van der Waals surface area contributed by atoms with Gasteiger partial charge in [0.15, 0.2) is 6.29 Å². The van der Waals surface area contributed by atoms with Gasteiger partial charge in [0.1, 0.15) is 0 Å². The molecule has 1 aromatic carbocycles. The molecule has 51 valence electrons. The molecule has 0 aliphatic carbocycles. The van der Waals surface area contributed by atoms with E-state index in [1.807, 2.05) is 0 Å². The van der Waals surface area contributed by atoms with Crippen LogP contribution in [0.4, 0.5) is 0 Å². The van der Waals surface area contributed by atoms with Crippen LogP contribution in [0.15, 0.2) is 12.1 Å². The number of carbonyl (C=O) groups is 1. The van der Waals surface area contributed by atoms with Crippen molar-refractivity contribution in [2.24, 2.45) is 0 Å². The van der Waals surface area contributed by atoms with Crippen molar-refractivity contribution in [1.29, 1.82) is 0 Å². The van der Waals surface area contributed by atoms with Gasteiger partial charge >= 0.3 is 0 Å². The van der Waals surface area contributed by atoms with E-state index in [1.165, 1.54) is 0 Å². The van der Waals surface area contributed by atoms with Crippen LogP contribution in [0.1, 0.15) is 10.4 Å². The first-order chi connectivity index (χ1) is 4.74. The zero-order chi connectivity index (χ0) is 7.56. The average Bonchev–Trinajstić information content (AvgIpc) is 1.88. The second-order valence-corrected chi connectivity index (χ2v) is 2.48. The third kappa shape index (κ3) is 1.49. The number of aldehydes is 1.